The average molecular weight is 337 g/mol. The summed E-state index contributed by atoms with van der Waals surface area (Å²) in [6.45, 7) is 1.99. The Bertz CT molecular complexity index is 880. The minimum Gasteiger partial charge on any atom is -0.508 e. The van der Waals surface area contributed by atoms with Gasteiger partial charge in [-0.3, -0.25) is 4.79 Å². The molecule has 0 aliphatic heterocycles. The lowest BCUT2D eigenvalue weighted by Gasteiger charge is -2.19. The number of phenolic OH excluding ortho intramolecular Hbond substituents is 2. The van der Waals surface area contributed by atoms with Crippen molar-refractivity contribution < 1.29 is 15.0 Å². The Morgan fingerprint density at radius 3 is 2.32 bits per heavy atom. The van der Waals surface area contributed by atoms with Crippen LogP contribution in [0.4, 0.5) is 0 Å². The van der Waals surface area contributed by atoms with Crippen LogP contribution in [0.5, 0.6) is 11.5 Å². The molecule has 6 heteroatoms. The van der Waals surface area contributed by atoms with Crippen LogP contribution in [0.25, 0.3) is 0 Å². The lowest BCUT2D eigenvalue weighted by atomic mass is 10.0. The molecule has 3 aromatic rings. The van der Waals surface area contributed by atoms with Crippen molar-refractivity contribution in [1.29, 1.82) is 0 Å². The normalized spacial score (nSPS) is 11.9. The van der Waals surface area contributed by atoms with E-state index in [4.69, 9.17) is 0 Å². The fraction of sp³-hybridized carbons (Fsp3) is 0.158. The van der Waals surface area contributed by atoms with Gasteiger partial charge in [0.15, 0.2) is 0 Å². The summed E-state index contributed by atoms with van der Waals surface area (Å²) in [4.78, 5) is 17.0. The summed E-state index contributed by atoms with van der Waals surface area (Å²) in [5.41, 5.74) is 2.17. The van der Waals surface area contributed by atoms with Gasteiger partial charge in [-0.25, -0.2) is 4.98 Å². The van der Waals surface area contributed by atoms with Crippen LogP contribution in [0.1, 0.15) is 33.4 Å². The van der Waals surface area contributed by atoms with Crippen LogP contribution in [-0.2, 0) is 7.05 Å². The second-order valence-electron chi connectivity index (χ2n) is 5.95. The Morgan fingerprint density at radius 2 is 1.76 bits per heavy atom. The van der Waals surface area contributed by atoms with E-state index >= 15 is 0 Å². The van der Waals surface area contributed by atoms with Crippen molar-refractivity contribution in [2.75, 3.05) is 0 Å². The molecule has 0 aliphatic rings. The number of imidazole rings is 1. The Labute approximate surface area is 145 Å². The zero-order valence-corrected chi connectivity index (χ0v) is 14.0. The third-order valence-electron chi connectivity index (χ3n) is 3.97. The van der Waals surface area contributed by atoms with E-state index in [0.29, 0.717) is 5.82 Å². The standard InChI is InChI=1S/C19H19N3O3/c1-12-3-5-13(6-4-12)17(18-20-7-8-22(18)2)21-19(25)14-9-15(23)11-16(24)10-14/h3-11,17,23-24H,1-2H3,(H,21,25). The monoisotopic (exact) mass is 337 g/mol. The van der Waals surface area contributed by atoms with E-state index in [9.17, 15) is 15.0 Å². The number of phenols is 2. The molecule has 1 unspecified atom stereocenters. The van der Waals surface area contributed by atoms with E-state index < -0.39 is 11.9 Å². The van der Waals surface area contributed by atoms with Crippen LogP contribution in [0.3, 0.4) is 0 Å². The number of carbonyl (C=O) groups is 1. The molecule has 0 bridgehead atoms. The summed E-state index contributed by atoms with van der Waals surface area (Å²) < 4.78 is 1.84. The third kappa shape index (κ3) is 3.63. The second-order valence-corrected chi connectivity index (χ2v) is 5.95. The molecule has 1 amide bonds. The molecule has 0 saturated heterocycles. The number of hydrogen-bond acceptors (Lipinski definition) is 4. The summed E-state index contributed by atoms with van der Waals surface area (Å²) in [5.74, 6) is -0.0793. The number of carbonyl (C=O) groups excluding carboxylic acids is 1. The van der Waals surface area contributed by atoms with E-state index in [1.165, 1.54) is 18.2 Å². The summed E-state index contributed by atoms with van der Waals surface area (Å²) in [7, 11) is 1.86. The first-order valence-corrected chi connectivity index (χ1v) is 7.81. The van der Waals surface area contributed by atoms with Crippen LogP contribution < -0.4 is 5.32 Å². The highest BCUT2D eigenvalue weighted by Gasteiger charge is 2.22. The van der Waals surface area contributed by atoms with E-state index in [1.807, 2.05) is 49.0 Å². The molecule has 1 atom stereocenters. The second kappa shape index (κ2) is 6.68. The SMILES string of the molecule is Cc1ccc(C(NC(=O)c2cc(O)cc(O)c2)c2nccn2C)cc1. The minimum absolute atomic E-state index is 0.170. The van der Waals surface area contributed by atoms with Crippen molar-refractivity contribution in [3.8, 4) is 11.5 Å². The highest BCUT2D eigenvalue weighted by atomic mass is 16.3. The number of hydrogen-bond donors (Lipinski definition) is 3. The summed E-state index contributed by atoms with van der Waals surface area (Å²) >= 11 is 0. The van der Waals surface area contributed by atoms with Crippen molar-refractivity contribution in [1.82, 2.24) is 14.9 Å². The quantitative estimate of drug-likeness (QED) is 0.683. The zero-order chi connectivity index (χ0) is 18.0. The molecule has 2 aromatic carbocycles. The number of benzene rings is 2. The van der Waals surface area contributed by atoms with Gasteiger partial charge in [-0.15, -0.1) is 0 Å². The van der Waals surface area contributed by atoms with E-state index in [-0.39, 0.29) is 17.1 Å². The first-order valence-electron chi connectivity index (χ1n) is 7.81. The van der Waals surface area contributed by atoms with Crippen LogP contribution in [-0.4, -0.2) is 25.7 Å². The predicted octanol–water partition coefficient (Wildman–Crippen LogP) is 2.66. The number of nitrogens with one attached hydrogen (secondary N) is 1. The molecule has 0 radical (unpaired) electrons. The van der Waals surface area contributed by atoms with E-state index in [0.717, 1.165) is 11.1 Å². The van der Waals surface area contributed by atoms with Crippen LogP contribution in [0.2, 0.25) is 0 Å². The number of amides is 1. The molecule has 0 spiro atoms. The fourth-order valence-electron chi connectivity index (χ4n) is 2.65. The number of rotatable bonds is 4. The average Bonchev–Trinajstić information content (AvgIpc) is 2.98. The smallest absolute Gasteiger partial charge is 0.252 e. The Morgan fingerprint density at radius 1 is 1.12 bits per heavy atom. The lowest BCUT2D eigenvalue weighted by molar-refractivity contribution is 0.0940. The molecule has 1 aromatic heterocycles. The minimum atomic E-state index is -0.461. The molecule has 0 saturated carbocycles. The lowest BCUT2D eigenvalue weighted by Crippen LogP contribution is -2.31. The van der Waals surface area contributed by atoms with Crippen LogP contribution in [0.15, 0.2) is 54.9 Å². The maximum Gasteiger partial charge on any atom is 0.252 e. The van der Waals surface area contributed by atoms with Gasteiger partial charge in [-0.05, 0) is 24.6 Å². The van der Waals surface area contributed by atoms with Crippen molar-refractivity contribution in [2.24, 2.45) is 7.05 Å². The molecule has 6 nitrogen and oxygen atoms in total. The molecular formula is C19H19N3O3. The highest BCUT2D eigenvalue weighted by Crippen LogP contribution is 2.24. The van der Waals surface area contributed by atoms with Crippen molar-refractivity contribution in [3.05, 3.63) is 77.4 Å². The summed E-state index contributed by atoms with van der Waals surface area (Å²) in [6.07, 6.45) is 3.48. The number of nitrogens with zero attached hydrogens (tertiary/aromatic N) is 2. The molecule has 3 rings (SSSR count). The molecule has 25 heavy (non-hydrogen) atoms. The number of aromatic nitrogens is 2. The predicted molar refractivity (Wildman–Crippen MR) is 93.5 cm³/mol. The fourth-order valence-corrected chi connectivity index (χ4v) is 2.65. The van der Waals surface area contributed by atoms with Crippen LogP contribution >= 0.6 is 0 Å². The third-order valence-corrected chi connectivity index (χ3v) is 3.97. The molecule has 128 valence electrons. The van der Waals surface area contributed by atoms with Gasteiger partial charge in [0, 0.05) is 31.1 Å². The maximum absolute atomic E-state index is 12.6. The van der Waals surface area contributed by atoms with Crippen molar-refractivity contribution in [3.63, 3.8) is 0 Å². The number of aryl methyl sites for hydroxylation is 2. The Hall–Kier alpha value is -3.28. The molecule has 0 aliphatic carbocycles. The van der Waals surface area contributed by atoms with Gasteiger partial charge < -0.3 is 20.1 Å². The van der Waals surface area contributed by atoms with Gasteiger partial charge in [-0.2, -0.15) is 0 Å². The molecule has 0 fully saturated rings. The zero-order valence-electron chi connectivity index (χ0n) is 14.0. The van der Waals surface area contributed by atoms with E-state index in [2.05, 4.69) is 10.3 Å². The largest absolute Gasteiger partial charge is 0.508 e. The van der Waals surface area contributed by atoms with Crippen molar-refractivity contribution >= 4 is 5.91 Å². The van der Waals surface area contributed by atoms with Gasteiger partial charge in [0.1, 0.15) is 23.4 Å². The Kier molecular flexibility index (Phi) is 4.43. The molecule has 1 heterocycles. The first-order chi connectivity index (χ1) is 11.9. The maximum atomic E-state index is 12.6. The Balaban J connectivity index is 1.96. The van der Waals surface area contributed by atoms with Gasteiger partial charge in [0.05, 0.1) is 0 Å². The van der Waals surface area contributed by atoms with Gasteiger partial charge >= 0.3 is 0 Å². The van der Waals surface area contributed by atoms with Crippen LogP contribution in [0, 0.1) is 6.92 Å². The number of aromatic hydroxyl groups is 2. The summed E-state index contributed by atoms with van der Waals surface area (Å²) in [5, 5.41) is 22.1. The summed E-state index contributed by atoms with van der Waals surface area (Å²) in [6, 6.07) is 11.1. The van der Waals surface area contributed by atoms with Gasteiger partial charge in [0.25, 0.3) is 5.91 Å². The van der Waals surface area contributed by atoms with Gasteiger partial charge in [0.2, 0.25) is 0 Å². The van der Waals surface area contributed by atoms with Gasteiger partial charge in [-0.1, -0.05) is 29.8 Å². The molecule has 3 N–H and O–H groups in total. The van der Waals surface area contributed by atoms with E-state index in [1.54, 1.807) is 6.20 Å². The molecular weight excluding hydrogens is 318 g/mol. The topological polar surface area (TPSA) is 87.4 Å². The highest BCUT2D eigenvalue weighted by molar-refractivity contribution is 5.95. The van der Waals surface area contributed by atoms with Crippen molar-refractivity contribution in [2.45, 2.75) is 13.0 Å². The first kappa shape index (κ1) is 16.6.